The van der Waals surface area contributed by atoms with Crippen molar-refractivity contribution in [2.75, 3.05) is 0 Å². The molecule has 0 aliphatic heterocycles. The molecular weight excluding hydrogens is 248 g/mol. The van der Waals surface area contributed by atoms with Crippen LogP contribution in [0.3, 0.4) is 0 Å². The minimum absolute atomic E-state index is 0.105. The highest BCUT2D eigenvalue weighted by Gasteiger charge is 2.30. The lowest BCUT2D eigenvalue weighted by Gasteiger charge is -2.25. The average molecular weight is 266 g/mol. The number of nitrogens with two attached hydrogens (primary N) is 1. The molecule has 1 aromatic rings. The first-order valence-electron chi connectivity index (χ1n) is 6.41. The van der Waals surface area contributed by atoms with Gasteiger partial charge in [-0.15, -0.1) is 0 Å². The van der Waals surface area contributed by atoms with Gasteiger partial charge in [-0.3, -0.25) is 10.1 Å². The maximum Gasteiger partial charge on any atom is 0.270 e. The van der Waals surface area contributed by atoms with E-state index in [1.165, 1.54) is 18.2 Å². The standard InChI is InChI=1S/C13H18N2O4/c14-12(13(17)8-3-1-2-4-8)10-7-9(15(18)19)5-6-11(10)16/h5-8,12-13,16-17H,1-4,14H2/t12-,13+/m0/s1. The van der Waals surface area contributed by atoms with Crippen LogP contribution in [0.15, 0.2) is 18.2 Å². The van der Waals surface area contributed by atoms with E-state index in [1.54, 1.807) is 0 Å². The number of phenolic OH excluding ortho intramolecular Hbond substituents is 1. The highest BCUT2D eigenvalue weighted by Crippen LogP contribution is 2.36. The summed E-state index contributed by atoms with van der Waals surface area (Å²) in [6.45, 7) is 0. The number of rotatable bonds is 4. The summed E-state index contributed by atoms with van der Waals surface area (Å²) in [6, 6.07) is 2.89. The quantitative estimate of drug-likeness (QED) is 0.569. The van der Waals surface area contributed by atoms with E-state index in [2.05, 4.69) is 0 Å². The van der Waals surface area contributed by atoms with Gasteiger partial charge < -0.3 is 15.9 Å². The van der Waals surface area contributed by atoms with Crippen LogP contribution in [0.25, 0.3) is 0 Å². The second kappa shape index (κ2) is 5.54. The van der Waals surface area contributed by atoms with Crippen LogP contribution in [0.2, 0.25) is 0 Å². The van der Waals surface area contributed by atoms with E-state index in [4.69, 9.17) is 5.73 Å². The molecular formula is C13H18N2O4. The second-order valence-electron chi connectivity index (χ2n) is 5.06. The molecule has 0 bridgehead atoms. The lowest BCUT2D eigenvalue weighted by Crippen LogP contribution is -2.32. The van der Waals surface area contributed by atoms with Crippen LogP contribution in [-0.2, 0) is 0 Å². The van der Waals surface area contributed by atoms with Crippen LogP contribution in [0.4, 0.5) is 5.69 Å². The largest absolute Gasteiger partial charge is 0.508 e. The van der Waals surface area contributed by atoms with Gasteiger partial charge in [0, 0.05) is 17.7 Å². The SMILES string of the molecule is N[C@@H](c1cc([N+](=O)[O-])ccc1O)[C@H](O)C1CCCC1. The predicted molar refractivity (Wildman–Crippen MR) is 69.7 cm³/mol. The minimum atomic E-state index is -0.803. The Bertz CT molecular complexity index is 472. The maximum absolute atomic E-state index is 10.7. The molecule has 0 spiro atoms. The maximum atomic E-state index is 10.7. The molecule has 0 saturated heterocycles. The van der Waals surface area contributed by atoms with Crippen molar-refractivity contribution in [2.45, 2.75) is 37.8 Å². The normalized spacial score (nSPS) is 19.3. The van der Waals surface area contributed by atoms with E-state index in [1.807, 2.05) is 0 Å². The Labute approximate surface area is 111 Å². The van der Waals surface area contributed by atoms with Gasteiger partial charge in [-0.05, 0) is 24.8 Å². The summed E-state index contributed by atoms with van der Waals surface area (Å²) >= 11 is 0. The molecule has 1 aromatic carbocycles. The Balaban J connectivity index is 2.24. The van der Waals surface area contributed by atoms with Crippen LogP contribution >= 0.6 is 0 Å². The molecule has 0 heterocycles. The van der Waals surface area contributed by atoms with Gasteiger partial charge in [-0.1, -0.05) is 12.8 Å². The highest BCUT2D eigenvalue weighted by atomic mass is 16.6. The zero-order valence-electron chi connectivity index (χ0n) is 10.5. The lowest BCUT2D eigenvalue weighted by atomic mass is 9.90. The Kier molecular flexibility index (Phi) is 4.01. The molecule has 6 nitrogen and oxygen atoms in total. The molecule has 1 saturated carbocycles. The van der Waals surface area contributed by atoms with E-state index < -0.39 is 17.1 Å². The summed E-state index contributed by atoms with van der Waals surface area (Å²) in [5.41, 5.74) is 6.05. The number of aliphatic hydroxyl groups excluding tert-OH is 1. The average Bonchev–Trinajstić information content (AvgIpc) is 2.91. The molecule has 4 N–H and O–H groups in total. The number of non-ortho nitro benzene ring substituents is 1. The van der Waals surface area contributed by atoms with Gasteiger partial charge in [0.15, 0.2) is 0 Å². The fraction of sp³-hybridized carbons (Fsp3) is 0.538. The molecule has 2 rings (SSSR count). The van der Waals surface area contributed by atoms with E-state index >= 15 is 0 Å². The number of nitro groups is 1. The van der Waals surface area contributed by atoms with Gasteiger partial charge in [0.1, 0.15) is 5.75 Å². The Morgan fingerprint density at radius 1 is 1.37 bits per heavy atom. The first kappa shape index (κ1) is 13.8. The van der Waals surface area contributed by atoms with Crippen LogP contribution in [-0.4, -0.2) is 21.2 Å². The van der Waals surface area contributed by atoms with Gasteiger partial charge in [-0.25, -0.2) is 0 Å². The number of aliphatic hydroxyl groups is 1. The second-order valence-corrected chi connectivity index (χ2v) is 5.06. The first-order valence-corrected chi connectivity index (χ1v) is 6.41. The van der Waals surface area contributed by atoms with Crippen molar-refractivity contribution in [3.63, 3.8) is 0 Å². The molecule has 1 fully saturated rings. The van der Waals surface area contributed by atoms with Crippen LogP contribution < -0.4 is 5.73 Å². The third kappa shape index (κ3) is 2.85. The highest BCUT2D eigenvalue weighted by molar-refractivity contribution is 5.45. The van der Waals surface area contributed by atoms with Crippen molar-refractivity contribution in [3.05, 3.63) is 33.9 Å². The summed E-state index contributed by atoms with van der Waals surface area (Å²) in [4.78, 5) is 10.2. The van der Waals surface area contributed by atoms with Crippen LogP contribution in [0.1, 0.15) is 37.3 Å². The number of phenols is 1. The zero-order valence-corrected chi connectivity index (χ0v) is 10.5. The molecule has 6 heteroatoms. The number of hydrogen-bond acceptors (Lipinski definition) is 5. The van der Waals surface area contributed by atoms with Crippen LogP contribution in [0.5, 0.6) is 5.75 Å². The van der Waals surface area contributed by atoms with E-state index in [9.17, 15) is 20.3 Å². The van der Waals surface area contributed by atoms with Crippen molar-refractivity contribution >= 4 is 5.69 Å². The Hall–Kier alpha value is -1.66. The smallest absolute Gasteiger partial charge is 0.270 e. The van der Waals surface area contributed by atoms with E-state index in [0.29, 0.717) is 0 Å². The van der Waals surface area contributed by atoms with E-state index in [0.717, 1.165) is 25.7 Å². The summed E-state index contributed by atoms with van der Waals surface area (Å²) in [7, 11) is 0. The third-order valence-corrected chi connectivity index (χ3v) is 3.83. The summed E-state index contributed by atoms with van der Waals surface area (Å²) in [5.74, 6) is -0.0104. The van der Waals surface area contributed by atoms with Gasteiger partial charge in [-0.2, -0.15) is 0 Å². The summed E-state index contributed by atoms with van der Waals surface area (Å²) in [6.07, 6.45) is 3.16. The number of nitrogens with zero attached hydrogens (tertiary/aromatic N) is 1. The number of benzene rings is 1. The fourth-order valence-corrected chi connectivity index (χ4v) is 2.70. The Morgan fingerprint density at radius 2 is 2.00 bits per heavy atom. The minimum Gasteiger partial charge on any atom is -0.508 e. The molecule has 0 aromatic heterocycles. The number of nitro benzene ring substituents is 1. The van der Waals surface area contributed by atoms with Gasteiger partial charge in [0.05, 0.1) is 17.1 Å². The number of aromatic hydroxyl groups is 1. The van der Waals surface area contributed by atoms with Crippen molar-refractivity contribution in [1.82, 2.24) is 0 Å². The zero-order chi connectivity index (χ0) is 14.0. The van der Waals surface area contributed by atoms with Gasteiger partial charge >= 0.3 is 0 Å². The molecule has 0 unspecified atom stereocenters. The van der Waals surface area contributed by atoms with Crippen LogP contribution in [0, 0.1) is 16.0 Å². The predicted octanol–water partition coefficient (Wildman–Crippen LogP) is 1.85. The molecule has 2 atom stereocenters. The van der Waals surface area contributed by atoms with Gasteiger partial charge in [0.2, 0.25) is 0 Å². The van der Waals surface area contributed by atoms with E-state index in [-0.39, 0.29) is 22.9 Å². The molecule has 0 radical (unpaired) electrons. The van der Waals surface area contributed by atoms with Crippen molar-refractivity contribution in [1.29, 1.82) is 0 Å². The monoisotopic (exact) mass is 266 g/mol. The van der Waals surface area contributed by atoms with Crippen molar-refractivity contribution in [3.8, 4) is 5.75 Å². The molecule has 19 heavy (non-hydrogen) atoms. The summed E-state index contributed by atoms with van der Waals surface area (Å²) in [5, 5.41) is 30.7. The van der Waals surface area contributed by atoms with Gasteiger partial charge in [0.25, 0.3) is 5.69 Å². The molecule has 1 aliphatic carbocycles. The topological polar surface area (TPSA) is 110 Å². The molecule has 0 amide bonds. The fourth-order valence-electron chi connectivity index (χ4n) is 2.70. The molecule has 104 valence electrons. The summed E-state index contributed by atoms with van der Waals surface area (Å²) < 4.78 is 0. The first-order chi connectivity index (χ1) is 9.00. The number of hydrogen-bond donors (Lipinski definition) is 3. The van der Waals surface area contributed by atoms with Crippen molar-refractivity contribution < 1.29 is 15.1 Å². The lowest BCUT2D eigenvalue weighted by molar-refractivity contribution is -0.385. The van der Waals surface area contributed by atoms with Crippen molar-refractivity contribution in [2.24, 2.45) is 11.7 Å². The molecule has 1 aliphatic rings. The Morgan fingerprint density at radius 3 is 2.58 bits per heavy atom. The third-order valence-electron chi connectivity index (χ3n) is 3.83.